The molecule has 0 aliphatic carbocycles. The average molecular weight is 382 g/mol. The monoisotopic (exact) mass is 379 g/mol. The van der Waals surface area contributed by atoms with E-state index in [2.05, 4.69) is 48.6 Å². The van der Waals surface area contributed by atoms with E-state index in [4.69, 9.17) is 11.6 Å². The fourth-order valence-corrected chi connectivity index (χ4v) is 3.39. The van der Waals surface area contributed by atoms with Crippen LogP contribution < -0.4 is 5.32 Å². The summed E-state index contributed by atoms with van der Waals surface area (Å²) in [7, 11) is 0. The van der Waals surface area contributed by atoms with Crippen molar-refractivity contribution in [3.8, 4) is 0 Å². The van der Waals surface area contributed by atoms with E-state index in [1.165, 1.54) is 4.88 Å². The molecule has 0 aliphatic heterocycles. The molecule has 16 heavy (non-hydrogen) atoms. The van der Waals surface area contributed by atoms with Gasteiger partial charge in [-0.25, -0.2) is 0 Å². The second kappa shape index (κ2) is 5.54. The van der Waals surface area contributed by atoms with E-state index in [0.29, 0.717) is 0 Å². The van der Waals surface area contributed by atoms with Gasteiger partial charge in [-0.3, -0.25) is 0 Å². The molecule has 0 spiro atoms. The van der Waals surface area contributed by atoms with Crippen LogP contribution in [0.3, 0.4) is 0 Å². The molecule has 0 aliphatic rings. The number of hydrogen-bond donors (Lipinski definition) is 1. The minimum Gasteiger partial charge on any atom is -0.379 e. The van der Waals surface area contributed by atoms with Crippen LogP contribution in [0.5, 0.6) is 0 Å². The van der Waals surface area contributed by atoms with Crippen molar-refractivity contribution in [3.05, 3.63) is 48.5 Å². The lowest BCUT2D eigenvalue weighted by Gasteiger charge is -2.07. The van der Waals surface area contributed by atoms with E-state index >= 15 is 0 Å². The van der Waals surface area contributed by atoms with Crippen molar-refractivity contribution in [3.63, 3.8) is 0 Å². The maximum absolute atomic E-state index is 6.10. The number of rotatable bonds is 3. The molecule has 1 aromatic carbocycles. The van der Waals surface area contributed by atoms with Gasteiger partial charge in [-0.1, -0.05) is 27.5 Å². The summed E-state index contributed by atoms with van der Waals surface area (Å²) in [5.74, 6) is 0. The summed E-state index contributed by atoms with van der Waals surface area (Å²) in [6.07, 6.45) is 0. The summed E-state index contributed by atoms with van der Waals surface area (Å²) in [5, 5.41) is 6.10. The molecule has 84 valence electrons. The van der Waals surface area contributed by atoms with Crippen LogP contribution in [-0.2, 0) is 6.54 Å². The van der Waals surface area contributed by atoms with Gasteiger partial charge in [-0.15, -0.1) is 11.3 Å². The topological polar surface area (TPSA) is 12.0 Å². The summed E-state index contributed by atoms with van der Waals surface area (Å²) in [6.45, 7) is 0.789. The largest absolute Gasteiger partial charge is 0.379 e. The first-order chi connectivity index (χ1) is 7.65. The van der Waals surface area contributed by atoms with E-state index in [0.717, 1.165) is 26.2 Å². The molecule has 0 atom stereocenters. The van der Waals surface area contributed by atoms with Gasteiger partial charge in [-0.05, 0) is 40.2 Å². The Kier molecular flexibility index (Phi) is 4.30. The standard InChI is InChI=1S/C11H8Br2ClNS/c12-7-1-2-11(10(14)4-7)15-5-9-3-8(13)6-16-9/h1-4,6,15H,5H2. The molecule has 0 radical (unpaired) electrons. The molecule has 1 nitrogen and oxygen atoms in total. The molecular formula is C11H8Br2ClNS. The highest BCUT2D eigenvalue weighted by molar-refractivity contribution is 9.10. The molecule has 0 bridgehead atoms. The molecule has 2 rings (SSSR count). The highest BCUT2D eigenvalue weighted by Gasteiger charge is 2.02. The number of hydrogen-bond acceptors (Lipinski definition) is 2. The highest BCUT2D eigenvalue weighted by atomic mass is 79.9. The predicted octanol–water partition coefficient (Wildman–Crippen LogP) is 5.54. The zero-order valence-corrected chi connectivity index (χ0v) is 12.9. The smallest absolute Gasteiger partial charge is 0.0648 e. The van der Waals surface area contributed by atoms with Crippen LogP contribution in [0.25, 0.3) is 0 Å². The molecule has 1 N–H and O–H groups in total. The van der Waals surface area contributed by atoms with Crippen LogP contribution in [0.15, 0.2) is 38.6 Å². The van der Waals surface area contributed by atoms with E-state index in [9.17, 15) is 0 Å². The SMILES string of the molecule is Clc1cc(Br)ccc1NCc1cc(Br)cs1. The van der Waals surface area contributed by atoms with Gasteiger partial charge in [0, 0.05) is 25.7 Å². The lowest BCUT2D eigenvalue weighted by atomic mass is 10.3. The van der Waals surface area contributed by atoms with Crippen molar-refractivity contribution in [2.45, 2.75) is 6.54 Å². The van der Waals surface area contributed by atoms with Crippen LogP contribution in [0.1, 0.15) is 4.88 Å². The van der Waals surface area contributed by atoms with E-state index in [1.54, 1.807) is 11.3 Å². The van der Waals surface area contributed by atoms with Gasteiger partial charge in [0.15, 0.2) is 0 Å². The summed E-state index contributed by atoms with van der Waals surface area (Å²) in [6, 6.07) is 7.92. The predicted molar refractivity (Wildman–Crippen MR) is 78.5 cm³/mol. The van der Waals surface area contributed by atoms with Gasteiger partial charge in [0.25, 0.3) is 0 Å². The minimum atomic E-state index is 0.727. The quantitative estimate of drug-likeness (QED) is 0.736. The summed E-state index contributed by atoms with van der Waals surface area (Å²) in [5.41, 5.74) is 0.953. The Balaban J connectivity index is 2.04. The molecule has 1 aromatic heterocycles. The summed E-state index contributed by atoms with van der Waals surface area (Å²) in [4.78, 5) is 1.27. The number of anilines is 1. The third kappa shape index (κ3) is 3.23. The number of halogens is 3. The van der Waals surface area contributed by atoms with Gasteiger partial charge >= 0.3 is 0 Å². The Morgan fingerprint density at radius 1 is 1.19 bits per heavy atom. The molecule has 0 saturated carbocycles. The Morgan fingerprint density at radius 3 is 2.62 bits per heavy atom. The van der Waals surface area contributed by atoms with E-state index in [-0.39, 0.29) is 0 Å². The third-order valence-corrected chi connectivity index (χ3v) is 4.51. The van der Waals surface area contributed by atoms with Crippen molar-refractivity contribution in [2.24, 2.45) is 0 Å². The maximum atomic E-state index is 6.10. The van der Waals surface area contributed by atoms with Crippen LogP contribution in [0.2, 0.25) is 5.02 Å². The van der Waals surface area contributed by atoms with Crippen LogP contribution >= 0.6 is 54.8 Å². The van der Waals surface area contributed by atoms with Crippen molar-refractivity contribution in [1.82, 2.24) is 0 Å². The zero-order valence-electron chi connectivity index (χ0n) is 8.14. The van der Waals surface area contributed by atoms with E-state index in [1.807, 2.05) is 18.2 Å². The fraction of sp³-hybridized carbons (Fsp3) is 0.0909. The third-order valence-electron chi connectivity index (χ3n) is 2.01. The molecule has 0 amide bonds. The Morgan fingerprint density at radius 2 is 2.00 bits per heavy atom. The average Bonchev–Trinajstić information content (AvgIpc) is 2.63. The van der Waals surface area contributed by atoms with E-state index < -0.39 is 0 Å². The first kappa shape index (κ1) is 12.4. The van der Waals surface area contributed by atoms with Gasteiger partial charge in [-0.2, -0.15) is 0 Å². The highest BCUT2D eigenvalue weighted by Crippen LogP contribution is 2.27. The van der Waals surface area contributed by atoms with Gasteiger partial charge in [0.05, 0.1) is 10.7 Å². The van der Waals surface area contributed by atoms with Gasteiger partial charge < -0.3 is 5.32 Å². The Bertz CT molecular complexity index is 498. The first-order valence-electron chi connectivity index (χ1n) is 4.57. The maximum Gasteiger partial charge on any atom is 0.0648 e. The van der Waals surface area contributed by atoms with Crippen LogP contribution in [0, 0.1) is 0 Å². The molecule has 2 aromatic rings. The number of benzene rings is 1. The molecular weight excluding hydrogens is 373 g/mol. The van der Waals surface area contributed by atoms with Gasteiger partial charge in [0.1, 0.15) is 0 Å². The lowest BCUT2D eigenvalue weighted by Crippen LogP contribution is -1.97. The van der Waals surface area contributed by atoms with Crippen LogP contribution in [-0.4, -0.2) is 0 Å². The van der Waals surface area contributed by atoms with Crippen molar-refractivity contribution in [2.75, 3.05) is 5.32 Å². The van der Waals surface area contributed by atoms with Crippen molar-refractivity contribution >= 4 is 60.5 Å². The number of thiophene rings is 1. The van der Waals surface area contributed by atoms with Crippen molar-refractivity contribution < 1.29 is 0 Å². The second-order valence-corrected chi connectivity index (χ2v) is 6.44. The van der Waals surface area contributed by atoms with Gasteiger partial charge in [0.2, 0.25) is 0 Å². The summed E-state index contributed by atoms with van der Waals surface area (Å²) >= 11 is 14.6. The minimum absolute atomic E-state index is 0.727. The molecule has 5 heteroatoms. The van der Waals surface area contributed by atoms with Crippen LogP contribution in [0.4, 0.5) is 5.69 Å². The first-order valence-corrected chi connectivity index (χ1v) is 7.41. The fourth-order valence-electron chi connectivity index (χ4n) is 1.26. The zero-order chi connectivity index (χ0) is 11.5. The number of nitrogens with one attached hydrogen (secondary N) is 1. The molecule has 0 unspecified atom stereocenters. The molecule has 0 saturated heterocycles. The Hall–Kier alpha value is -0.0300. The lowest BCUT2D eigenvalue weighted by molar-refractivity contribution is 1.19. The second-order valence-electron chi connectivity index (χ2n) is 3.21. The molecule has 0 fully saturated rings. The Labute approximate surface area is 120 Å². The summed E-state index contributed by atoms with van der Waals surface area (Å²) < 4.78 is 2.11. The molecule has 1 heterocycles. The normalized spacial score (nSPS) is 10.4. The van der Waals surface area contributed by atoms with Crippen molar-refractivity contribution in [1.29, 1.82) is 0 Å².